The minimum atomic E-state index is -0.474. The molecule has 2 aromatic rings. The van der Waals surface area contributed by atoms with Crippen LogP contribution < -0.4 is 15.0 Å². The first-order valence-corrected chi connectivity index (χ1v) is 12.5. The molecule has 0 aliphatic carbocycles. The normalized spacial score (nSPS) is 18.2. The van der Waals surface area contributed by atoms with E-state index in [1.165, 1.54) is 0 Å². The van der Waals surface area contributed by atoms with Gasteiger partial charge < -0.3 is 19.7 Å². The summed E-state index contributed by atoms with van der Waals surface area (Å²) in [7, 11) is 0. The number of benzene rings is 2. The number of carbonyl (C=O) groups is 3. The van der Waals surface area contributed by atoms with Crippen LogP contribution in [0.4, 0.5) is 16.2 Å². The highest BCUT2D eigenvalue weighted by molar-refractivity contribution is 8.18. The molecule has 3 amide bonds. The summed E-state index contributed by atoms with van der Waals surface area (Å²) in [5.74, 6) is -0.156. The van der Waals surface area contributed by atoms with Gasteiger partial charge in [-0.2, -0.15) is 0 Å². The minimum absolute atomic E-state index is 0.117. The van der Waals surface area contributed by atoms with E-state index in [0.717, 1.165) is 53.2 Å². The molecule has 4 rings (SSSR count). The lowest BCUT2D eigenvalue weighted by atomic mass is 10.2. The Morgan fingerprint density at radius 2 is 1.80 bits per heavy atom. The Bertz CT molecular complexity index is 1090. The van der Waals surface area contributed by atoms with E-state index in [1.54, 1.807) is 6.08 Å². The van der Waals surface area contributed by atoms with Crippen LogP contribution in [0.3, 0.4) is 0 Å². The van der Waals surface area contributed by atoms with E-state index >= 15 is 0 Å². The van der Waals surface area contributed by atoms with E-state index in [2.05, 4.69) is 17.1 Å². The topological polar surface area (TPSA) is 88.2 Å². The third-order valence-corrected chi connectivity index (χ3v) is 6.70. The Labute approximate surface area is 209 Å². The lowest BCUT2D eigenvalue weighted by Gasteiger charge is -2.28. The van der Waals surface area contributed by atoms with E-state index in [-0.39, 0.29) is 17.6 Å². The van der Waals surface area contributed by atoms with Gasteiger partial charge in [-0.1, -0.05) is 19.1 Å². The fourth-order valence-corrected chi connectivity index (χ4v) is 4.51. The van der Waals surface area contributed by atoms with Crippen molar-refractivity contribution in [2.45, 2.75) is 26.4 Å². The highest BCUT2D eigenvalue weighted by atomic mass is 32.2. The van der Waals surface area contributed by atoms with Gasteiger partial charge in [0.05, 0.1) is 24.2 Å². The van der Waals surface area contributed by atoms with Crippen LogP contribution in [0.25, 0.3) is 6.08 Å². The van der Waals surface area contributed by atoms with E-state index in [4.69, 9.17) is 9.47 Å². The van der Waals surface area contributed by atoms with Crippen molar-refractivity contribution >= 4 is 46.3 Å². The zero-order chi connectivity index (χ0) is 24.8. The fraction of sp³-hybridized carbons (Fsp3) is 0.346. The van der Waals surface area contributed by atoms with Gasteiger partial charge in [0, 0.05) is 24.5 Å². The van der Waals surface area contributed by atoms with Crippen LogP contribution in [-0.2, 0) is 14.3 Å². The maximum absolute atomic E-state index is 12.8. The van der Waals surface area contributed by atoms with Crippen LogP contribution in [0, 0.1) is 0 Å². The van der Waals surface area contributed by atoms with Crippen molar-refractivity contribution in [1.29, 1.82) is 0 Å². The summed E-state index contributed by atoms with van der Waals surface area (Å²) in [6.07, 6.45) is 2.67. The van der Waals surface area contributed by atoms with Crippen LogP contribution in [0.15, 0.2) is 53.4 Å². The van der Waals surface area contributed by atoms with Crippen molar-refractivity contribution in [3.63, 3.8) is 0 Å². The number of anilines is 2. The molecule has 2 heterocycles. The number of nitrogens with zero attached hydrogens (tertiary/aromatic N) is 2. The van der Waals surface area contributed by atoms with Gasteiger partial charge >= 0.3 is 0 Å². The predicted molar refractivity (Wildman–Crippen MR) is 138 cm³/mol. The van der Waals surface area contributed by atoms with Gasteiger partial charge in [0.15, 0.2) is 0 Å². The lowest BCUT2D eigenvalue weighted by molar-refractivity contribution is -0.127. The molecular formula is C26H29N3O5S. The summed E-state index contributed by atoms with van der Waals surface area (Å²) in [6.45, 7) is 6.77. The molecule has 184 valence electrons. The molecule has 9 heteroatoms. The van der Waals surface area contributed by atoms with Crippen molar-refractivity contribution in [2.75, 3.05) is 43.1 Å². The third-order valence-electron chi connectivity index (χ3n) is 5.79. The number of thioether (sulfide) groups is 1. The molecule has 2 aliphatic heterocycles. The molecule has 2 saturated heterocycles. The summed E-state index contributed by atoms with van der Waals surface area (Å²) in [6, 6.07) is 14.8. The zero-order valence-corrected chi connectivity index (χ0v) is 20.7. The maximum Gasteiger partial charge on any atom is 0.294 e. The molecule has 0 bridgehead atoms. The van der Waals surface area contributed by atoms with Crippen LogP contribution in [0.1, 0.15) is 25.8 Å². The Hall–Kier alpha value is -3.30. The van der Waals surface area contributed by atoms with Crippen molar-refractivity contribution < 1.29 is 23.9 Å². The highest BCUT2D eigenvalue weighted by Crippen LogP contribution is 2.32. The molecule has 0 unspecified atom stereocenters. The van der Waals surface area contributed by atoms with Crippen molar-refractivity contribution in [2.24, 2.45) is 0 Å². The molecule has 2 fully saturated rings. The number of imide groups is 1. The summed E-state index contributed by atoms with van der Waals surface area (Å²) < 4.78 is 11.1. The number of amides is 3. The van der Waals surface area contributed by atoms with Crippen LogP contribution >= 0.6 is 11.8 Å². The van der Waals surface area contributed by atoms with Gasteiger partial charge in [-0.3, -0.25) is 19.3 Å². The molecule has 8 nitrogen and oxygen atoms in total. The average molecular weight is 496 g/mol. The van der Waals surface area contributed by atoms with Crippen LogP contribution in [0.2, 0.25) is 0 Å². The van der Waals surface area contributed by atoms with Gasteiger partial charge in [-0.25, -0.2) is 0 Å². The lowest BCUT2D eigenvalue weighted by Crippen LogP contribution is -2.36. The van der Waals surface area contributed by atoms with E-state index < -0.39 is 17.1 Å². The molecular weight excluding hydrogens is 466 g/mol. The second-order valence-electron chi connectivity index (χ2n) is 8.37. The monoisotopic (exact) mass is 495 g/mol. The molecule has 1 atom stereocenters. The fourth-order valence-electron chi connectivity index (χ4n) is 3.67. The summed E-state index contributed by atoms with van der Waals surface area (Å²) in [5.41, 5.74) is 2.44. The standard InChI is InChI=1S/C26H29N3O5S/c1-3-18(2)34-22-10-4-19(5-11-22)16-23-25(31)29(26(32)35-23)17-24(30)27-20-6-8-21(9-7-20)28-12-14-33-15-13-28/h4-11,16,18H,3,12-15,17H2,1-2H3,(H,27,30)/b23-16-/t18-/m1/s1. The Balaban J connectivity index is 1.33. The van der Waals surface area contributed by atoms with Gasteiger partial charge in [-0.05, 0) is 73.1 Å². The second-order valence-corrected chi connectivity index (χ2v) is 9.36. The smallest absolute Gasteiger partial charge is 0.294 e. The second kappa shape index (κ2) is 11.4. The molecule has 0 aromatic heterocycles. The van der Waals surface area contributed by atoms with Gasteiger partial charge in [0.2, 0.25) is 5.91 Å². The van der Waals surface area contributed by atoms with Gasteiger partial charge in [0.25, 0.3) is 11.1 Å². The minimum Gasteiger partial charge on any atom is -0.491 e. The number of hydrogen-bond donors (Lipinski definition) is 1. The number of nitrogens with one attached hydrogen (secondary N) is 1. The molecule has 0 spiro atoms. The number of rotatable bonds is 8. The van der Waals surface area contributed by atoms with Crippen LogP contribution in [0.5, 0.6) is 5.75 Å². The molecule has 2 aromatic carbocycles. The average Bonchev–Trinajstić information content (AvgIpc) is 3.13. The summed E-state index contributed by atoms with van der Waals surface area (Å²) in [4.78, 5) is 41.2. The predicted octanol–water partition coefficient (Wildman–Crippen LogP) is 4.38. The maximum atomic E-state index is 12.8. The number of hydrogen-bond acceptors (Lipinski definition) is 7. The van der Waals surface area contributed by atoms with Crippen LogP contribution in [-0.4, -0.2) is 60.9 Å². The van der Waals surface area contributed by atoms with Crippen molar-refractivity contribution in [3.05, 3.63) is 59.0 Å². The quantitative estimate of drug-likeness (QED) is 0.544. The molecule has 0 saturated carbocycles. The number of ether oxygens (including phenoxy) is 2. The van der Waals surface area contributed by atoms with Gasteiger partial charge in [-0.15, -0.1) is 0 Å². The molecule has 0 radical (unpaired) electrons. The first-order valence-electron chi connectivity index (χ1n) is 11.7. The van der Waals surface area contributed by atoms with E-state index in [0.29, 0.717) is 18.9 Å². The largest absolute Gasteiger partial charge is 0.491 e. The zero-order valence-electron chi connectivity index (χ0n) is 19.9. The summed E-state index contributed by atoms with van der Waals surface area (Å²) >= 11 is 0.833. The van der Waals surface area contributed by atoms with Gasteiger partial charge in [0.1, 0.15) is 12.3 Å². The summed E-state index contributed by atoms with van der Waals surface area (Å²) in [5, 5.41) is 2.30. The molecule has 35 heavy (non-hydrogen) atoms. The Morgan fingerprint density at radius 3 is 2.46 bits per heavy atom. The first kappa shape index (κ1) is 24.8. The first-order chi connectivity index (χ1) is 16.9. The number of morpholine rings is 1. The molecule has 2 aliphatic rings. The Morgan fingerprint density at radius 1 is 1.11 bits per heavy atom. The highest BCUT2D eigenvalue weighted by Gasteiger charge is 2.36. The molecule has 1 N–H and O–H groups in total. The third kappa shape index (κ3) is 6.43. The Kier molecular flexibility index (Phi) is 8.09. The number of carbonyl (C=O) groups excluding carboxylic acids is 3. The van der Waals surface area contributed by atoms with Crippen molar-refractivity contribution in [1.82, 2.24) is 4.90 Å². The van der Waals surface area contributed by atoms with E-state index in [1.807, 2.05) is 55.5 Å². The van der Waals surface area contributed by atoms with E-state index in [9.17, 15) is 14.4 Å². The van der Waals surface area contributed by atoms with Crippen molar-refractivity contribution in [3.8, 4) is 5.75 Å². The SMILES string of the molecule is CC[C@@H](C)Oc1ccc(/C=C2\SC(=O)N(CC(=O)Nc3ccc(N4CCOCC4)cc3)C2=O)cc1.